The molecular formula is C68H92O6P2. The normalized spacial score (nSPS) is 13.9. The Morgan fingerprint density at radius 3 is 0.605 bits per heavy atom. The van der Waals surface area contributed by atoms with Crippen LogP contribution in [-0.4, -0.2) is 19.6 Å². The van der Waals surface area contributed by atoms with Crippen LogP contribution in [0.1, 0.15) is 211 Å². The minimum Gasteiger partial charge on any atom is -0.321 e. The van der Waals surface area contributed by atoms with E-state index in [4.69, 9.17) is 0 Å². The highest BCUT2D eigenvalue weighted by Gasteiger charge is 2.38. The zero-order valence-corrected chi connectivity index (χ0v) is 52.5. The maximum atomic E-state index is 14.5. The molecular weight excluding hydrogens is 975 g/mol. The Morgan fingerprint density at radius 2 is 0.434 bits per heavy atom. The van der Waals surface area contributed by atoms with E-state index in [0.717, 1.165) is 55.6 Å². The van der Waals surface area contributed by atoms with Crippen LogP contribution in [-0.2, 0) is 52.5 Å². The second kappa shape index (κ2) is 19.8. The van der Waals surface area contributed by atoms with E-state index < -0.39 is 36.9 Å². The third-order valence-corrected chi connectivity index (χ3v) is 17.1. The lowest BCUT2D eigenvalue weighted by molar-refractivity contribution is 0.385. The van der Waals surface area contributed by atoms with E-state index in [1.165, 1.54) is 0 Å². The second-order valence-corrected chi connectivity index (χ2v) is 33.0. The average Bonchev–Trinajstić information content (AvgIpc) is 3.24. The fraction of sp³-hybridized carbons (Fsp3) is 0.471. The average molecular weight is 1070 g/mol. The van der Waals surface area contributed by atoms with Gasteiger partial charge >= 0.3 is 15.2 Å². The molecule has 0 atom stereocenters. The van der Waals surface area contributed by atoms with Gasteiger partial charge in [-0.2, -0.15) is 0 Å². The van der Waals surface area contributed by atoms with Gasteiger partial charge in [-0.1, -0.05) is 251 Å². The number of rotatable bonds is 7. The third kappa shape index (κ3) is 12.6. The van der Waals surface area contributed by atoms with Gasteiger partial charge in [0.25, 0.3) is 0 Å². The highest BCUT2D eigenvalue weighted by molar-refractivity contribution is 7.61. The predicted octanol–water partition coefficient (Wildman–Crippen LogP) is 18.0. The molecule has 0 heterocycles. The summed E-state index contributed by atoms with van der Waals surface area (Å²) in [4.78, 5) is 47.2. The van der Waals surface area contributed by atoms with E-state index in [1.807, 2.05) is 12.1 Å². The van der Waals surface area contributed by atoms with Crippen LogP contribution in [0, 0.1) is 0 Å². The summed E-state index contributed by atoms with van der Waals surface area (Å²) in [6.45, 7) is 52.2. The van der Waals surface area contributed by atoms with Crippen molar-refractivity contribution in [2.24, 2.45) is 0 Å². The molecule has 8 heteroatoms. The monoisotopic (exact) mass is 1070 g/mol. The second-order valence-electron chi connectivity index (χ2n) is 29.9. The molecule has 0 radical (unpaired) electrons. The van der Waals surface area contributed by atoms with Gasteiger partial charge in [-0.25, -0.2) is 0 Å². The molecule has 0 unspecified atom stereocenters. The van der Waals surface area contributed by atoms with Crippen molar-refractivity contribution in [1.82, 2.24) is 0 Å². The minimum atomic E-state index is -5.04. The molecule has 0 bridgehead atoms. The molecule has 0 spiro atoms. The summed E-state index contributed by atoms with van der Waals surface area (Å²) in [6, 6.07) is 32.7. The molecule has 0 aliphatic heterocycles. The van der Waals surface area contributed by atoms with Gasteiger partial charge in [0.1, 0.15) is 0 Å². The Hall–Kier alpha value is -4.38. The van der Waals surface area contributed by atoms with Crippen LogP contribution < -0.4 is 10.6 Å². The van der Waals surface area contributed by atoms with Crippen LogP contribution in [0.5, 0.6) is 0 Å². The first-order valence-electron chi connectivity index (χ1n) is 27.1. The summed E-state index contributed by atoms with van der Waals surface area (Å²) in [6.07, 6.45) is 0. The summed E-state index contributed by atoms with van der Waals surface area (Å²) in [5, 5.41) is -0.183. The smallest absolute Gasteiger partial charge is 0.321 e. The lowest BCUT2D eigenvalue weighted by atomic mass is 9.71. The summed E-state index contributed by atoms with van der Waals surface area (Å²) >= 11 is 0. The molecule has 0 amide bonds. The molecule has 6 aromatic carbocycles. The molecule has 410 valence electrons. The topological polar surface area (TPSA) is 115 Å². The molecule has 0 aliphatic carbocycles. The highest BCUT2D eigenvalue weighted by atomic mass is 31.2. The molecule has 6 nitrogen and oxygen atoms in total. The van der Waals surface area contributed by atoms with Gasteiger partial charge in [-0.15, -0.1) is 0 Å². The van der Waals surface area contributed by atoms with Crippen LogP contribution in [0.2, 0.25) is 0 Å². The molecule has 6 aromatic rings. The van der Waals surface area contributed by atoms with Crippen LogP contribution in [0.4, 0.5) is 0 Å². The molecule has 0 fully saturated rings. The van der Waals surface area contributed by atoms with Gasteiger partial charge < -0.3 is 19.6 Å². The summed E-state index contributed by atoms with van der Waals surface area (Å²) in [5.41, 5.74) is 12.1. The van der Waals surface area contributed by atoms with Gasteiger partial charge in [0.2, 0.25) is 0 Å². The molecule has 4 N–H and O–H groups in total. The van der Waals surface area contributed by atoms with Crippen molar-refractivity contribution in [3.8, 4) is 55.6 Å². The van der Waals surface area contributed by atoms with E-state index in [2.05, 4.69) is 239 Å². The molecule has 0 saturated heterocycles. The van der Waals surface area contributed by atoms with E-state index in [-0.39, 0.29) is 32.3 Å². The molecule has 76 heavy (non-hydrogen) atoms. The van der Waals surface area contributed by atoms with Gasteiger partial charge in [-0.3, -0.25) is 9.13 Å². The summed E-state index contributed by atoms with van der Waals surface area (Å²) in [5.74, 6) is 0. The zero-order valence-electron chi connectivity index (χ0n) is 50.7. The molecule has 0 saturated carbocycles. The quantitative estimate of drug-likeness (QED) is 0.118. The van der Waals surface area contributed by atoms with Crippen molar-refractivity contribution in [3.05, 3.63) is 142 Å². The first-order valence-corrected chi connectivity index (χ1v) is 30.4. The zero-order chi connectivity index (χ0) is 57.9. The Balaban J connectivity index is 2.10. The number of hydrogen-bond acceptors (Lipinski definition) is 2. The van der Waals surface area contributed by atoms with Crippen LogP contribution in [0.3, 0.4) is 0 Å². The van der Waals surface area contributed by atoms with Crippen molar-refractivity contribution < 1.29 is 28.7 Å². The van der Waals surface area contributed by atoms with Gasteiger partial charge in [0.05, 0.1) is 10.6 Å². The van der Waals surface area contributed by atoms with Crippen molar-refractivity contribution >= 4 is 25.8 Å². The Labute approximate surface area is 458 Å². The lowest BCUT2D eigenvalue weighted by Gasteiger charge is -2.34. The summed E-state index contributed by atoms with van der Waals surface area (Å²) in [7, 11) is -10.1. The summed E-state index contributed by atoms with van der Waals surface area (Å²) < 4.78 is 29.0. The number of benzene rings is 6. The Morgan fingerprint density at radius 1 is 0.250 bits per heavy atom. The predicted molar refractivity (Wildman–Crippen MR) is 327 cm³/mol. The van der Waals surface area contributed by atoms with Crippen molar-refractivity contribution in [1.29, 1.82) is 0 Å². The Bertz CT molecular complexity index is 3080. The standard InChI is InChI=1S/C68H92O6P2/c1-61(2,3)41-25-29-47(51(37-41)65(13,14)15)57-45(33-35-55(75(69,70)71)59(57)49-31-27-43(63(7,8)9)39-53(49)67(19,20)21)46-34-36-56(76(72,73)74)60(50-32-28-44(64(10,11)12)40-54(50)68(22,23)24)58(46)48-30-26-42(62(4,5)6)38-52(48)66(16,17)18/h25-40H,1-24H3,(H2,69,70,71)(H2,72,73,74). The highest BCUT2D eigenvalue weighted by Crippen LogP contribution is 2.56. The van der Waals surface area contributed by atoms with E-state index in [9.17, 15) is 28.7 Å². The van der Waals surface area contributed by atoms with Crippen LogP contribution >= 0.6 is 15.2 Å². The fourth-order valence-electron chi connectivity index (χ4n) is 10.6. The number of hydrogen-bond donors (Lipinski definition) is 4. The van der Waals surface area contributed by atoms with Gasteiger partial charge in [0, 0.05) is 11.1 Å². The minimum absolute atomic E-state index is 0.0914. The van der Waals surface area contributed by atoms with Crippen LogP contribution in [0.25, 0.3) is 55.6 Å². The van der Waals surface area contributed by atoms with Crippen molar-refractivity contribution in [2.75, 3.05) is 0 Å². The molecule has 6 rings (SSSR count). The first-order chi connectivity index (χ1) is 34.1. The van der Waals surface area contributed by atoms with Gasteiger partial charge in [-0.05, 0) is 144 Å². The van der Waals surface area contributed by atoms with E-state index in [0.29, 0.717) is 44.5 Å². The maximum Gasteiger partial charge on any atom is 0.356 e. The fourth-order valence-corrected chi connectivity index (χ4v) is 12.2. The lowest BCUT2D eigenvalue weighted by Crippen LogP contribution is -2.21. The Kier molecular flexibility index (Phi) is 15.8. The first kappa shape index (κ1) is 60.8. The third-order valence-electron chi connectivity index (χ3n) is 15.1. The largest absolute Gasteiger partial charge is 0.356 e. The SMILES string of the molecule is CC(C)(C)c1ccc(-c2c(-c3ccc(P(=O)(O)O)c(-c4ccc(C(C)(C)C)cc4C(C)(C)C)c3-c3ccc(C(C)(C)C)cc3C(C)(C)C)ccc(P(=O)(O)O)c2-c2ccc(C(C)(C)C)cc2C(C)(C)C)c(C(C)(C)C)c1. The van der Waals surface area contributed by atoms with Crippen molar-refractivity contribution in [3.63, 3.8) is 0 Å². The molecule has 0 aliphatic rings. The van der Waals surface area contributed by atoms with Gasteiger partial charge in [0.15, 0.2) is 0 Å². The van der Waals surface area contributed by atoms with E-state index in [1.54, 1.807) is 12.1 Å². The van der Waals surface area contributed by atoms with Crippen molar-refractivity contribution in [2.45, 2.75) is 209 Å². The molecule has 0 aromatic heterocycles. The van der Waals surface area contributed by atoms with E-state index >= 15 is 0 Å². The van der Waals surface area contributed by atoms with Crippen LogP contribution in [0.15, 0.2) is 97.1 Å². The maximum absolute atomic E-state index is 14.5.